The summed E-state index contributed by atoms with van der Waals surface area (Å²) in [7, 11) is 1.39. The lowest BCUT2D eigenvalue weighted by molar-refractivity contribution is 0.0606. The van der Waals surface area contributed by atoms with Gasteiger partial charge in [0, 0.05) is 20.7 Å². The van der Waals surface area contributed by atoms with Gasteiger partial charge in [-0.1, -0.05) is 0 Å². The normalized spacial score (nSPS) is 11.4. The van der Waals surface area contributed by atoms with Crippen molar-refractivity contribution in [2.75, 3.05) is 7.11 Å². The lowest BCUT2D eigenvalue weighted by Crippen LogP contribution is -1.96. The Morgan fingerprint density at radius 2 is 1.85 bits per heavy atom. The van der Waals surface area contributed by atoms with E-state index in [4.69, 9.17) is 4.74 Å². The molecule has 130 valence electrons. The first-order valence-electron chi connectivity index (χ1n) is 7.68. The van der Waals surface area contributed by atoms with E-state index in [0.29, 0.717) is 4.88 Å². The largest absolute Gasteiger partial charge is 0.508 e. The van der Waals surface area contributed by atoms with Crippen molar-refractivity contribution in [3.63, 3.8) is 0 Å². The van der Waals surface area contributed by atoms with Gasteiger partial charge in [0.05, 0.1) is 17.3 Å². The summed E-state index contributed by atoms with van der Waals surface area (Å²) < 4.78 is 5.80. The molecule has 0 saturated carbocycles. The summed E-state index contributed by atoms with van der Waals surface area (Å²) in [5, 5.41) is 10.4. The van der Waals surface area contributed by atoms with Crippen LogP contribution in [0.25, 0.3) is 32.1 Å². The number of methoxy groups -OCH3 is 1. The molecule has 0 atom stereocenters. The molecule has 0 aliphatic heterocycles. The number of aromatic hydroxyl groups is 1. The average molecular weight is 400 g/mol. The molecule has 3 heterocycles. The second-order valence-electron chi connectivity index (χ2n) is 5.39. The molecule has 3 aromatic heterocycles. The van der Waals surface area contributed by atoms with Crippen molar-refractivity contribution >= 4 is 62.3 Å². The second-order valence-corrected chi connectivity index (χ2v) is 8.66. The summed E-state index contributed by atoms with van der Waals surface area (Å²) in [5.74, 6) is -0.0803. The number of phenols is 1. The zero-order valence-corrected chi connectivity index (χ0v) is 16.1. The topological polar surface area (TPSA) is 59.4 Å². The third-order valence-electron chi connectivity index (χ3n) is 3.64. The number of hydrogen-bond donors (Lipinski definition) is 1. The van der Waals surface area contributed by atoms with Crippen LogP contribution in [0.5, 0.6) is 5.75 Å². The molecule has 4 nitrogen and oxygen atoms in total. The fourth-order valence-electron chi connectivity index (χ4n) is 2.41. The average Bonchev–Trinajstić information content (AvgIpc) is 3.36. The van der Waals surface area contributed by atoms with E-state index in [2.05, 4.69) is 4.98 Å². The fraction of sp³-hybridized carbons (Fsp3) is 0.0526. The highest BCUT2D eigenvalue weighted by Crippen LogP contribution is 2.35. The Morgan fingerprint density at radius 3 is 2.69 bits per heavy atom. The predicted octanol–water partition coefficient (Wildman–Crippen LogP) is 5.75. The zero-order chi connectivity index (χ0) is 18.1. The first-order chi connectivity index (χ1) is 12.6. The smallest absolute Gasteiger partial charge is 0.348 e. The molecule has 0 aliphatic carbocycles. The quantitative estimate of drug-likeness (QED) is 0.444. The molecule has 0 aliphatic rings. The predicted molar refractivity (Wildman–Crippen MR) is 109 cm³/mol. The molecule has 0 spiro atoms. The fourth-order valence-corrected chi connectivity index (χ4v) is 5.19. The van der Waals surface area contributed by atoms with E-state index < -0.39 is 0 Å². The van der Waals surface area contributed by atoms with Crippen molar-refractivity contribution in [3.8, 4) is 15.5 Å². The summed E-state index contributed by atoms with van der Waals surface area (Å²) in [6, 6.07) is 13.0. The molecule has 0 unspecified atom stereocenters. The van der Waals surface area contributed by atoms with Gasteiger partial charge >= 0.3 is 5.97 Å². The van der Waals surface area contributed by atoms with Crippen LogP contribution in [0, 0.1) is 0 Å². The maximum absolute atomic E-state index is 11.6. The van der Waals surface area contributed by atoms with Crippen molar-refractivity contribution in [3.05, 3.63) is 57.2 Å². The highest BCUT2D eigenvalue weighted by Gasteiger charge is 2.11. The molecule has 0 bridgehead atoms. The molecule has 7 heteroatoms. The molecule has 1 N–H and O–H groups in total. The minimum Gasteiger partial charge on any atom is -0.508 e. The number of carbonyl (C=O) groups is 1. The van der Waals surface area contributed by atoms with Crippen molar-refractivity contribution in [1.82, 2.24) is 4.98 Å². The number of rotatable bonds is 4. The van der Waals surface area contributed by atoms with Gasteiger partial charge in [0.2, 0.25) is 0 Å². The standard InChI is InChI=1S/C19H13NO3S3/c1-23-19(22)17-8-7-16(25-17)15-6-3-12(24-15)4-9-18-20-13-10-11(21)2-5-14(13)26-18/h2-10,21H,1H3/b9-4+. The summed E-state index contributed by atoms with van der Waals surface area (Å²) in [5.41, 5.74) is 0.801. The first kappa shape index (κ1) is 17.0. The Kier molecular flexibility index (Phi) is 4.58. The van der Waals surface area contributed by atoms with Gasteiger partial charge in [-0.2, -0.15) is 0 Å². The number of ether oxygens (including phenoxy) is 1. The highest BCUT2D eigenvalue weighted by molar-refractivity contribution is 7.23. The summed E-state index contributed by atoms with van der Waals surface area (Å²) >= 11 is 4.67. The summed E-state index contributed by atoms with van der Waals surface area (Å²) in [6.45, 7) is 0. The lowest BCUT2D eigenvalue weighted by atomic mass is 10.3. The van der Waals surface area contributed by atoms with Gasteiger partial charge in [-0.05, 0) is 48.6 Å². The number of fused-ring (bicyclic) bond motifs is 1. The van der Waals surface area contributed by atoms with Crippen LogP contribution in [0.4, 0.5) is 0 Å². The number of carbonyl (C=O) groups excluding carboxylic acids is 1. The Bertz CT molecular complexity index is 1120. The van der Waals surface area contributed by atoms with Crippen molar-refractivity contribution in [1.29, 1.82) is 0 Å². The zero-order valence-electron chi connectivity index (χ0n) is 13.6. The van der Waals surface area contributed by atoms with Crippen molar-refractivity contribution < 1.29 is 14.6 Å². The minimum atomic E-state index is -0.306. The van der Waals surface area contributed by atoms with E-state index in [0.717, 1.165) is 29.9 Å². The third kappa shape index (κ3) is 3.41. The van der Waals surface area contributed by atoms with E-state index in [1.807, 2.05) is 36.4 Å². The van der Waals surface area contributed by atoms with Crippen molar-refractivity contribution in [2.24, 2.45) is 0 Å². The summed E-state index contributed by atoms with van der Waals surface area (Å²) in [4.78, 5) is 20.0. The van der Waals surface area contributed by atoms with Crippen LogP contribution in [0.3, 0.4) is 0 Å². The molecule has 0 fully saturated rings. The van der Waals surface area contributed by atoms with Crippen LogP contribution >= 0.6 is 34.0 Å². The molecule has 26 heavy (non-hydrogen) atoms. The summed E-state index contributed by atoms with van der Waals surface area (Å²) in [6.07, 6.45) is 4.01. The van der Waals surface area contributed by atoms with E-state index in [1.165, 1.54) is 18.4 Å². The van der Waals surface area contributed by atoms with Gasteiger partial charge in [-0.3, -0.25) is 0 Å². The number of benzene rings is 1. The molecular formula is C19H13NO3S3. The monoisotopic (exact) mass is 399 g/mol. The van der Waals surface area contributed by atoms with Crippen LogP contribution in [0.2, 0.25) is 0 Å². The minimum absolute atomic E-state index is 0.225. The Labute approximate surface area is 161 Å². The van der Waals surface area contributed by atoms with Crippen LogP contribution in [-0.2, 0) is 4.74 Å². The Balaban J connectivity index is 1.54. The number of hydrogen-bond acceptors (Lipinski definition) is 7. The van der Waals surface area contributed by atoms with Crippen LogP contribution < -0.4 is 0 Å². The van der Waals surface area contributed by atoms with E-state index in [-0.39, 0.29) is 11.7 Å². The number of nitrogens with zero attached hydrogens (tertiary/aromatic N) is 1. The Morgan fingerprint density at radius 1 is 1.04 bits per heavy atom. The van der Waals surface area contributed by atoms with Gasteiger partial charge < -0.3 is 9.84 Å². The number of phenolic OH excluding ortho intramolecular Hbond substituents is 1. The molecule has 4 rings (SSSR count). The van der Waals surface area contributed by atoms with Crippen LogP contribution in [-0.4, -0.2) is 23.2 Å². The maximum Gasteiger partial charge on any atom is 0.348 e. The number of aromatic nitrogens is 1. The molecule has 0 radical (unpaired) electrons. The van der Waals surface area contributed by atoms with Gasteiger partial charge in [-0.15, -0.1) is 34.0 Å². The Hall–Kier alpha value is -2.48. The second kappa shape index (κ2) is 7.03. The number of esters is 1. The van der Waals surface area contributed by atoms with E-state index in [1.54, 1.807) is 40.9 Å². The van der Waals surface area contributed by atoms with Crippen LogP contribution in [0.15, 0.2) is 42.5 Å². The molecule has 0 saturated heterocycles. The van der Waals surface area contributed by atoms with Gasteiger partial charge in [0.1, 0.15) is 15.6 Å². The number of thiazole rings is 1. The first-order valence-corrected chi connectivity index (χ1v) is 10.1. The molecule has 0 amide bonds. The van der Waals surface area contributed by atoms with Gasteiger partial charge in [0.15, 0.2) is 0 Å². The molecular weight excluding hydrogens is 386 g/mol. The highest BCUT2D eigenvalue weighted by atomic mass is 32.1. The lowest BCUT2D eigenvalue weighted by Gasteiger charge is -1.92. The van der Waals surface area contributed by atoms with Crippen molar-refractivity contribution in [2.45, 2.75) is 0 Å². The molecule has 4 aromatic rings. The maximum atomic E-state index is 11.6. The van der Waals surface area contributed by atoms with Gasteiger partial charge in [-0.25, -0.2) is 9.78 Å². The van der Waals surface area contributed by atoms with Gasteiger partial charge in [0.25, 0.3) is 0 Å². The SMILES string of the molecule is COC(=O)c1ccc(-c2ccc(/C=C/c3nc4cc(O)ccc4s3)s2)s1. The third-order valence-corrected chi connectivity index (χ3v) is 6.95. The van der Waals surface area contributed by atoms with E-state index in [9.17, 15) is 9.90 Å². The number of thiophene rings is 2. The van der Waals surface area contributed by atoms with E-state index >= 15 is 0 Å². The van der Waals surface area contributed by atoms with Crippen LogP contribution in [0.1, 0.15) is 19.6 Å². The molecule has 1 aromatic carbocycles.